The molecule has 2 aromatic heterocycles. The molecule has 3 aromatic carbocycles. The average Bonchev–Trinajstić information content (AvgIpc) is 3.60. The summed E-state index contributed by atoms with van der Waals surface area (Å²) in [6.45, 7) is 2.48. The number of nitrogens with one attached hydrogen (secondary N) is 1. The lowest BCUT2D eigenvalue weighted by Gasteiger charge is -2.05. The fourth-order valence-electron chi connectivity index (χ4n) is 4.10. The number of aromatic nitrogens is 3. The quantitative estimate of drug-likeness (QED) is 0.217. The molecule has 5 aromatic rings. The van der Waals surface area contributed by atoms with Gasteiger partial charge in [0.15, 0.2) is 0 Å². The van der Waals surface area contributed by atoms with Gasteiger partial charge in [0.05, 0.1) is 25.8 Å². The van der Waals surface area contributed by atoms with Gasteiger partial charge >= 0.3 is 5.97 Å². The number of anilines is 1. The zero-order valence-electron chi connectivity index (χ0n) is 22.2. The summed E-state index contributed by atoms with van der Waals surface area (Å²) in [6, 6.07) is 24.9. The third kappa shape index (κ3) is 6.81. The lowest BCUT2D eigenvalue weighted by atomic mass is 10.1. The maximum atomic E-state index is 13.2. The second-order valence-corrected chi connectivity index (χ2v) is 10.1. The summed E-state index contributed by atoms with van der Waals surface area (Å²) < 4.78 is 12.7. The number of thiazole rings is 1. The Kier molecular flexibility index (Phi) is 8.32. The van der Waals surface area contributed by atoms with Crippen LogP contribution in [0.4, 0.5) is 5.69 Å². The lowest BCUT2D eigenvalue weighted by molar-refractivity contribution is -0.115. The van der Waals surface area contributed by atoms with Gasteiger partial charge in [0, 0.05) is 22.8 Å². The minimum Gasteiger partial charge on any atom is -0.497 e. The monoisotopic (exact) mass is 552 g/mol. The van der Waals surface area contributed by atoms with Crippen LogP contribution in [0.1, 0.15) is 32.2 Å². The van der Waals surface area contributed by atoms with Crippen molar-refractivity contribution in [3.63, 3.8) is 0 Å². The van der Waals surface area contributed by atoms with Crippen LogP contribution in [0.25, 0.3) is 11.3 Å². The fourth-order valence-corrected chi connectivity index (χ4v) is 4.88. The van der Waals surface area contributed by atoms with Gasteiger partial charge in [-0.25, -0.2) is 9.78 Å². The molecule has 1 N–H and O–H groups in total. The molecule has 2 heterocycles. The number of aryl methyl sites for hydroxylation is 1. The van der Waals surface area contributed by atoms with E-state index in [0.29, 0.717) is 34.3 Å². The van der Waals surface area contributed by atoms with Crippen LogP contribution in [0, 0.1) is 6.92 Å². The Morgan fingerprint density at radius 3 is 2.58 bits per heavy atom. The second-order valence-electron chi connectivity index (χ2n) is 9.21. The normalized spacial score (nSPS) is 10.8. The second kappa shape index (κ2) is 12.4. The van der Waals surface area contributed by atoms with Crippen LogP contribution in [0.5, 0.6) is 5.75 Å². The minimum absolute atomic E-state index is 0.0175. The Morgan fingerprint density at radius 1 is 1.00 bits per heavy atom. The van der Waals surface area contributed by atoms with E-state index in [9.17, 15) is 9.59 Å². The van der Waals surface area contributed by atoms with Gasteiger partial charge in [0.1, 0.15) is 28.6 Å². The molecule has 8 nitrogen and oxygen atoms in total. The van der Waals surface area contributed by atoms with Crippen molar-refractivity contribution in [2.45, 2.75) is 26.5 Å². The van der Waals surface area contributed by atoms with Crippen molar-refractivity contribution in [3.8, 4) is 17.0 Å². The van der Waals surface area contributed by atoms with Gasteiger partial charge in [-0.1, -0.05) is 60.2 Å². The first-order valence-corrected chi connectivity index (χ1v) is 13.6. The molecule has 0 atom stereocenters. The number of hydrogen-bond donors (Lipinski definition) is 1. The molecule has 0 radical (unpaired) electrons. The van der Waals surface area contributed by atoms with E-state index in [1.165, 1.54) is 11.3 Å². The van der Waals surface area contributed by atoms with E-state index in [2.05, 4.69) is 10.3 Å². The van der Waals surface area contributed by atoms with Crippen LogP contribution in [0.15, 0.2) is 90.4 Å². The molecule has 9 heteroatoms. The van der Waals surface area contributed by atoms with Crippen LogP contribution >= 0.6 is 11.3 Å². The Morgan fingerprint density at radius 2 is 1.80 bits per heavy atom. The summed E-state index contributed by atoms with van der Waals surface area (Å²) in [6.07, 6.45) is 1.84. The highest BCUT2D eigenvalue weighted by Crippen LogP contribution is 2.27. The van der Waals surface area contributed by atoms with Crippen molar-refractivity contribution in [3.05, 3.63) is 118 Å². The smallest absolute Gasteiger partial charge is 0.342 e. The number of hydrogen-bond acceptors (Lipinski definition) is 7. The summed E-state index contributed by atoms with van der Waals surface area (Å²) in [4.78, 5) is 30.2. The third-order valence-corrected chi connectivity index (χ3v) is 7.01. The average molecular weight is 553 g/mol. The molecule has 1 amide bonds. The van der Waals surface area contributed by atoms with Crippen LogP contribution in [-0.2, 0) is 29.1 Å². The van der Waals surface area contributed by atoms with Gasteiger partial charge in [-0.05, 0) is 36.8 Å². The fraction of sp³-hybridized carbons (Fsp3) is 0.161. The van der Waals surface area contributed by atoms with Gasteiger partial charge in [-0.15, -0.1) is 11.3 Å². The van der Waals surface area contributed by atoms with Gasteiger partial charge in [0.25, 0.3) is 0 Å². The van der Waals surface area contributed by atoms with Crippen molar-refractivity contribution < 1.29 is 19.1 Å². The maximum Gasteiger partial charge on any atom is 0.342 e. The predicted molar refractivity (Wildman–Crippen MR) is 155 cm³/mol. The van der Waals surface area contributed by atoms with Gasteiger partial charge in [0.2, 0.25) is 5.91 Å². The molecule has 0 aliphatic carbocycles. The number of amides is 1. The Hall–Kier alpha value is -4.76. The number of esters is 1. The number of methoxy groups -OCH3 is 1. The molecule has 0 saturated carbocycles. The highest BCUT2D eigenvalue weighted by atomic mass is 32.1. The van der Waals surface area contributed by atoms with E-state index in [-0.39, 0.29) is 18.9 Å². The number of rotatable bonds is 10. The van der Waals surface area contributed by atoms with E-state index >= 15 is 0 Å². The number of nitrogens with zero attached hydrogens (tertiary/aromatic N) is 3. The van der Waals surface area contributed by atoms with Crippen molar-refractivity contribution in [2.75, 3.05) is 12.4 Å². The molecule has 0 unspecified atom stereocenters. The van der Waals surface area contributed by atoms with Crippen molar-refractivity contribution in [1.29, 1.82) is 0 Å². The van der Waals surface area contributed by atoms with Crippen LogP contribution < -0.4 is 10.1 Å². The Balaban J connectivity index is 1.27. The molecule has 0 aliphatic heterocycles. The van der Waals surface area contributed by atoms with Crippen LogP contribution in [-0.4, -0.2) is 33.8 Å². The van der Waals surface area contributed by atoms with E-state index in [1.54, 1.807) is 23.4 Å². The molecule has 0 bridgehead atoms. The summed E-state index contributed by atoms with van der Waals surface area (Å²) in [5.74, 6) is -0.00449. The number of carbonyl (C=O) groups is 2. The van der Waals surface area contributed by atoms with Crippen LogP contribution in [0.2, 0.25) is 0 Å². The van der Waals surface area contributed by atoms with E-state index in [1.807, 2.05) is 85.8 Å². The number of benzene rings is 3. The van der Waals surface area contributed by atoms with Crippen molar-refractivity contribution >= 4 is 28.9 Å². The van der Waals surface area contributed by atoms with E-state index in [0.717, 1.165) is 22.4 Å². The van der Waals surface area contributed by atoms with Crippen molar-refractivity contribution in [1.82, 2.24) is 14.8 Å². The number of carbonyl (C=O) groups excluding carboxylic acids is 2. The van der Waals surface area contributed by atoms with Gasteiger partial charge in [-0.3, -0.25) is 9.48 Å². The molecule has 202 valence electrons. The predicted octanol–water partition coefficient (Wildman–Crippen LogP) is 5.91. The first-order chi connectivity index (χ1) is 19.5. The molecular weight excluding hydrogens is 524 g/mol. The Labute approximate surface area is 236 Å². The van der Waals surface area contributed by atoms with Gasteiger partial charge in [-0.2, -0.15) is 5.10 Å². The zero-order chi connectivity index (χ0) is 27.9. The molecule has 0 saturated heterocycles. The maximum absolute atomic E-state index is 13.2. The third-order valence-electron chi connectivity index (χ3n) is 6.11. The van der Waals surface area contributed by atoms with E-state index in [4.69, 9.17) is 14.6 Å². The molecule has 0 spiro atoms. The summed E-state index contributed by atoms with van der Waals surface area (Å²) in [5.41, 5.74) is 5.09. The molecule has 40 heavy (non-hydrogen) atoms. The summed E-state index contributed by atoms with van der Waals surface area (Å²) in [5, 5.41) is 10.0. The molecular formula is C31H28N4O4S. The molecule has 0 aliphatic rings. The highest BCUT2D eigenvalue weighted by molar-refractivity contribution is 7.09. The minimum atomic E-state index is -0.510. The number of ether oxygens (including phenoxy) is 2. The summed E-state index contributed by atoms with van der Waals surface area (Å²) >= 11 is 1.35. The lowest BCUT2D eigenvalue weighted by Crippen LogP contribution is -2.14. The standard InChI is InChI=1S/C31H28N4O4S/c1-21-11-13-24(14-12-21)32-28(36)16-29-33-25(20-40-29)19-39-31(37)27-18-35(17-22-7-4-3-5-8-22)34-30(27)23-9-6-10-26(15-23)38-2/h3-15,18,20H,16-17,19H2,1-2H3,(H,32,36). The first kappa shape index (κ1) is 26.8. The van der Waals surface area contributed by atoms with Crippen LogP contribution in [0.3, 0.4) is 0 Å². The first-order valence-electron chi connectivity index (χ1n) is 12.7. The molecule has 5 rings (SSSR count). The topological polar surface area (TPSA) is 95.3 Å². The SMILES string of the molecule is COc1cccc(-c2nn(Cc3ccccc3)cc2C(=O)OCc2csc(CC(=O)Nc3ccc(C)cc3)n2)c1. The molecule has 0 fully saturated rings. The largest absolute Gasteiger partial charge is 0.497 e. The van der Waals surface area contributed by atoms with Crippen molar-refractivity contribution in [2.24, 2.45) is 0 Å². The Bertz CT molecular complexity index is 1610. The van der Waals surface area contributed by atoms with Gasteiger partial charge < -0.3 is 14.8 Å². The van der Waals surface area contributed by atoms with E-state index < -0.39 is 5.97 Å². The highest BCUT2D eigenvalue weighted by Gasteiger charge is 2.21. The summed E-state index contributed by atoms with van der Waals surface area (Å²) in [7, 11) is 1.59. The zero-order valence-corrected chi connectivity index (χ0v) is 23.0.